The molecule has 3 amide bonds. The van der Waals surface area contributed by atoms with Gasteiger partial charge in [-0.05, 0) is 48.5 Å². The van der Waals surface area contributed by atoms with Crippen LogP contribution in [0.5, 0.6) is 0 Å². The van der Waals surface area contributed by atoms with Gasteiger partial charge in [0.2, 0.25) is 5.91 Å². The monoisotopic (exact) mass is 511 g/mol. The van der Waals surface area contributed by atoms with Crippen molar-refractivity contribution in [1.82, 2.24) is 9.88 Å². The molecule has 0 bridgehead atoms. The minimum Gasteiger partial charge on any atom is -0.353 e. The number of carbonyl (C=O) groups is 3. The number of piperazine rings is 1. The summed E-state index contributed by atoms with van der Waals surface area (Å²) in [6, 6.07) is 14.9. The predicted molar refractivity (Wildman–Crippen MR) is 138 cm³/mol. The van der Waals surface area contributed by atoms with Crippen molar-refractivity contribution in [2.75, 3.05) is 41.7 Å². The molecule has 4 rings (SSSR count). The standard InChI is InChI=1S/C25H23Cl2N5O3/c1-16(33)31-9-11-32(12-10-31)23-8-5-18(15-28-23)25(35)29-20-6-7-21(27)22(14-20)30-24(34)17-3-2-4-19(26)13-17/h2-8,13-15H,9-12H2,1H3,(H,29,35)(H,30,34). The van der Waals surface area contributed by atoms with Gasteiger partial charge in [-0.2, -0.15) is 0 Å². The van der Waals surface area contributed by atoms with E-state index >= 15 is 0 Å². The van der Waals surface area contributed by atoms with E-state index < -0.39 is 0 Å². The highest BCUT2D eigenvalue weighted by molar-refractivity contribution is 6.34. The third-order valence-electron chi connectivity index (χ3n) is 5.62. The summed E-state index contributed by atoms with van der Waals surface area (Å²) in [5, 5.41) is 6.31. The van der Waals surface area contributed by atoms with Crippen LogP contribution in [0.3, 0.4) is 0 Å². The van der Waals surface area contributed by atoms with Crippen molar-refractivity contribution < 1.29 is 14.4 Å². The summed E-state index contributed by atoms with van der Waals surface area (Å²) < 4.78 is 0. The summed E-state index contributed by atoms with van der Waals surface area (Å²) >= 11 is 12.2. The van der Waals surface area contributed by atoms with Gasteiger partial charge in [0.05, 0.1) is 16.3 Å². The van der Waals surface area contributed by atoms with Crippen molar-refractivity contribution >= 4 is 58.1 Å². The Morgan fingerprint density at radius 2 is 1.60 bits per heavy atom. The first kappa shape index (κ1) is 24.5. The molecule has 2 aromatic carbocycles. The number of nitrogens with zero attached hydrogens (tertiary/aromatic N) is 3. The Bertz CT molecular complexity index is 1260. The molecule has 1 aliphatic rings. The SMILES string of the molecule is CC(=O)N1CCN(c2ccc(C(=O)Nc3ccc(Cl)c(NC(=O)c4cccc(Cl)c4)c3)cn2)CC1. The van der Waals surface area contributed by atoms with Crippen LogP contribution in [0.25, 0.3) is 0 Å². The van der Waals surface area contributed by atoms with Gasteiger partial charge < -0.3 is 20.4 Å². The average Bonchev–Trinajstić information content (AvgIpc) is 2.86. The number of hydrogen-bond donors (Lipinski definition) is 2. The molecule has 1 aliphatic heterocycles. The largest absolute Gasteiger partial charge is 0.353 e. The Morgan fingerprint density at radius 1 is 0.857 bits per heavy atom. The van der Waals surface area contributed by atoms with Crippen molar-refractivity contribution in [3.05, 3.63) is 82.0 Å². The molecule has 0 unspecified atom stereocenters. The zero-order valence-electron chi connectivity index (χ0n) is 18.9. The maximum absolute atomic E-state index is 12.8. The van der Waals surface area contributed by atoms with Crippen molar-refractivity contribution in [2.24, 2.45) is 0 Å². The van der Waals surface area contributed by atoms with E-state index in [-0.39, 0.29) is 17.7 Å². The quantitative estimate of drug-likeness (QED) is 0.523. The molecule has 0 atom stereocenters. The van der Waals surface area contributed by atoms with Gasteiger partial charge >= 0.3 is 0 Å². The van der Waals surface area contributed by atoms with Crippen LogP contribution >= 0.6 is 23.2 Å². The fourth-order valence-corrected chi connectivity index (χ4v) is 4.04. The molecule has 2 heterocycles. The second-order valence-electron chi connectivity index (χ2n) is 8.01. The number of halogens is 2. The van der Waals surface area contributed by atoms with E-state index in [0.29, 0.717) is 58.7 Å². The molecule has 1 aromatic heterocycles. The lowest BCUT2D eigenvalue weighted by Crippen LogP contribution is -2.48. The summed E-state index contributed by atoms with van der Waals surface area (Å²) in [7, 11) is 0. The summed E-state index contributed by atoms with van der Waals surface area (Å²) in [5.41, 5.74) is 1.59. The highest BCUT2D eigenvalue weighted by Crippen LogP contribution is 2.27. The number of hydrogen-bond acceptors (Lipinski definition) is 5. The molecule has 0 radical (unpaired) electrons. The second-order valence-corrected chi connectivity index (χ2v) is 8.86. The number of benzene rings is 2. The van der Waals surface area contributed by atoms with Crippen LogP contribution in [0.2, 0.25) is 10.0 Å². The van der Waals surface area contributed by atoms with Gasteiger partial charge in [0.1, 0.15) is 5.82 Å². The zero-order valence-corrected chi connectivity index (χ0v) is 20.4. The maximum Gasteiger partial charge on any atom is 0.257 e. The molecule has 0 aliphatic carbocycles. The Labute approximate surface area is 212 Å². The molecule has 180 valence electrons. The summed E-state index contributed by atoms with van der Waals surface area (Å²) in [6.07, 6.45) is 1.51. The van der Waals surface area contributed by atoms with Crippen molar-refractivity contribution in [2.45, 2.75) is 6.92 Å². The molecular formula is C25H23Cl2N5O3. The zero-order chi connectivity index (χ0) is 24.9. The topological polar surface area (TPSA) is 94.6 Å². The van der Waals surface area contributed by atoms with Gasteiger partial charge in [-0.1, -0.05) is 29.3 Å². The third-order valence-corrected chi connectivity index (χ3v) is 6.18. The summed E-state index contributed by atoms with van der Waals surface area (Å²) in [5.74, 6) is 0.1000. The van der Waals surface area contributed by atoms with Crippen LogP contribution in [-0.4, -0.2) is 53.8 Å². The Hall–Kier alpha value is -3.62. The average molecular weight is 512 g/mol. The van der Waals surface area contributed by atoms with E-state index in [2.05, 4.69) is 20.5 Å². The first-order chi connectivity index (χ1) is 16.8. The fourth-order valence-electron chi connectivity index (χ4n) is 3.68. The van der Waals surface area contributed by atoms with Crippen molar-refractivity contribution in [1.29, 1.82) is 0 Å². The first-order valence-electron chi connectivity index (χ1n) is 10.9. The molecule has 3 aromatic rings. The summed E-state index contributed by atoms with van der Waals surface area (Å²) in [6.45, 7) is 4.23. The van der Waals surface area contributed by atoms with Crippen LogP contribution in [0, 0.1) is 0 Å². The highest BCUT2D eigenvalue weighted by atomic mass is 35.5. The predicted octanol–water partition coefficient (Wildman–Crippen LogP) is 4.56. The van der Waals surface area contributed by atoms with Gasteiger partial charge in [-0.3, -0.25) is 14.4 Å². The number of pyridine rings is 1. The molecule has 35 heavy (non-hydrogen) atoms. The van der Waals surface area contributed by atoms with Crippen molar-refractivity contribution in [3.63, 3.8) is 0 Å². The van der Waals surface area contributed by atoms with E-state index in [9.17, 15) is 14.4 Å². The minimum atomic E-state index is -0.373. The van der Waals surface area contributed by atoms with E-state index in [1.807, 2.05) is 0 Å². The summed E-state index contributed by atoms with van der Waals surface area (Å²) in [4.78, 5) is 45.1. The lowest BCUT2D eigenvalue weighted by Gasteiger charge is -2.34. The Kier molecular flexibility index (Phi) is 7.53. The number of amides is 3. The van der Waals surface area contributed by atoms with Gasteiger partial charge in [0, 0.05) is 55.6 Å². The van der Waals surface area contributed by atoms with Crippen LogP contribution in [0.4, 0.5) is 17.2 Å². The van der Waals surface area contributed by atoms with E-state index in [1.165, 1.54) is 6.20 Å². The van der Waals surface area contributed by atoms with Gasteiger partial charge in [-0.25, -0.2) is 4.98 Å². The van der Waals surface area contributed by atoms with Crippen molar-refractivity contribution in [3.8, 4) is 0 Å². The van der Waals surface area contributed by atoms with E-state index in [0.717, 1.165) is 5.82 Å². The molecule has 1 fully saturated rings. The number of carbonyl (C=O) groups excluding carboxylic acids is 3. The molecule has 8 nitrogen and oxygen atoms in total. The number of rotatable bonds is 5. The maximum atomic E-state index is 12.8. The first-order valence-corrected chi connectivity index (χ1v) is 11.7. The normalized spacial score (nSPS) is 13.3. The Balaban J connectivity index is 1.40. The van der Waals surface area contributed by atoms with Gasteiger partial charge in [-0.15, -0.1) is 0 Å². The lowest BCUT2D eigenvalue weighted by atomic mass is 10.2. The van der Waals surface area contributed by atoms with E-state index in [1.54, 1.807) is 66.4 Å². The second kappa shape index (κ2) is 10.8. The van der Waals surface area contributed by atoms with Crippen LogP contribution < -0.4 is 15.5 Å². The minimum absolute atomic E-state index is 0.0685. The molecule has 0 saturated carbocycles. The molecular weight excluding hydrogens is 489 g/mol. The number of nitrogens with one attached hydrogen (secondary N) is 2. The van der Waals surface area contributed by atoms with Crippen LogP contribution in [0.1, 0.15) is 27.6 Å². The van der Waals surface area contributed by atoms with Gasteiger partial charge in [0.15, 0.2) is 0 Å². The number of anilines is 3. The van der Waals surface area contributed by atoms with E-state index in [4.69, 9.17) is 23.2 Å². The Morgan fingerprint density at radius 3 is 2.26 bits per heavy atom. The molecule has 10 heteroatoms. The lowest BCUT2D eigenvalue weighted by molar-refractivity contribution is -0.129. The number of aromatic nitrogens is 1. The smallest absolute Gasteiger partial charge is 0.257 e. The third kappa shape index (κ3) is 6.09. The molecule has 0 spiro atoms. The van der Waals surface area contributed by atoms with Crippen LogP contribution in [0.15, 0.2) is 60.8 Å². The van der Waals surface area contributed by atoms with Crippen LogP contribution in [-0.2, 0) is 4.79 Å². The molecule has 1 saturated heterocycles. The van der Waals surface area contributed by atoms with Gasteiger partial charge in [0.25, 0.3) is 11.8 Å². The highest BCUT2D eigenvalue weighted by Gasteiger charge is 2.20. The fraction of sp³-hybridized carbons (Fsp3) is 0.200. The molecule has 2 N–H and O–H groups in total.